The average molecular weight is 220 g/mol. The van der Waals surface area contributed by atoms with E-state index in [1.165, 1.54) is 12.8 Å². The molecule has 0 radical (unpaired) electrons. The minimum atomic E-state index is 0.189. The van der Waals surface area contributed by atoms with E-state index >= 15 is 0 Å². The summed E-state index contributed by atoms with van der Waals surface area (Å²) in [6.45, 7) is 3.87. The summed E-state index contributed by atoms with van der Waals surface area (Å²) in [4.78, 5) is 12.0. The summed E-state index contributed by atoms with van der Waals surface area (Å²) < 4.78 is 1.89. The quantitative estimate of drug-likeness (QED) is 0.745. The molecule has 0 saturated heterocycles. The molecule has 0 spiro atoms. The number of pyridine rings is 1. The molecule has 1 aromatic rings. The molecule has 2 rings (SSSR count). The van der Waals surface area contributed by atoms with Crippen molar-refractivity contribution in [2.45, 2.75) is 45.2 Å². The Morgan fingerprint density at radius 1 is 1.50 bits per heavy atom. The van der Waals surface area contributed by atoms with Crippen molar-refractivity contribution < 1.29 is 0 Å². The molecule has 0 amide bonds. The van der Waals surface area contributed by atoms with Crippen LogP contribution in [0.4, 0.5) is 0 Å². The molecule has 88 valence electrons. The van der Waals surface area contributed by atoms with Gasteiger partial charge >= 0.3 is 0 Å². The summed E-state index contributed by atoms with van der Waals surface area (Å²) in [6, 6.07) is 4.39. The third-order valence-electron chi connectivity index (χ3n) is 3.02. The summed E-state index contributed by atoms with van der Waals surface area (Å²) in [5, 5.41) is 3.32. The molecule has 1 fully saturated rings. The Balaban J connectivity index is 1.98. The Labute approximate surface area is 96.5 Å². The summed E-state index contributed by atoms with van der Waals surface area (Å²) in [5.74, 6) is 0. The standard InChI is InChI=1S/C13H20N2O/c1-2-3-8-14-10-11-5-4-9-15(13(11)16)12-6-7-12/h4-5,9,12,14H,2-3,6-8,10H2,1H3. The van der Waals surface area contributed by atoms with Crippen molar-refractivity contribution in [2.24, 2.45) is 0 Å². The van der Waals surface area contributed by atoms with Crippen molar-refractivity contribution in [1.82, 2.24) is 9.88 Å². The fraction of sp³-hybridized carbons (Fsp3) is 0.615. The van der Waals surface area contributed by atoms with Gasteiger partial charge in [-0.15, -0.1) is 0 Å². The van der Waals surface area contributed by atoms with Crippen molar-refractivity contribution in [3.63, 3.8) is 0 Å². The van der Waals surface area contributed by atoms with E-state index in [1.807, 2.05) is 22.9 Å². The van der Waals surface area contributed by atoms with Crippen LogP contribution in [-0.2, 0) is 6.54 Å². The lowest BCUT2D eigenvalue weighted by Crippen LogP contribution is -2.26. The number of hydrogen-bond acceptors (Lipinski definition) is 2. The maximum absolute atomic E-state index is 12.0. The highest BCUT2D eigenvalue weighted by atomic mass is 16.1. The van der Waals surface area contributed by atoms with Gasteiger partial charge in [0.25, 0.3) is 5.56 Å². The van der Waals surface area contributed by atoms with Crippen molar-refractivity contribution in [2.75, 3.05) is 6.54 Å². The Morgan fingerprint density at radius 3 is 3.00 bits per heavy atom. The van der Waals surface area contributed by atoms with Gasteiger partial charge in [0.15, 0.2) is 0 Å². The molecule has 0 aromatic carbocycles. The van der Waals surface area contributed by atoms with Crippen LogP contribution in [0.15, 0.2) is 23.1 Å². The van der Waals surface area contributed by atoms with Crippen LogP contribution in [0.1, 0.15) is 44.2 Å². The van der Waals surface area contributed by atoms with E-state index in [1.54, 1.807) is 0 Å². The van der Waals surface area contributed by atoms with Crippen LogP contribution in [0.25, 0.3) is 0 Å². The number of rotatable bonds is 6. The third-order valence-corrected chi connectivity index (χ3v) is 3.02. The number of nitrogens with one attached hydrogen (secondary N) is 1. The molecule has 1 aliphatic carbocycles. The fourth-order valence-corrected chi connectivity index (χ4v) is 1.86. The predicted molar refractivity (Wildman–Crippen MR) is 65.6 cm³/mol. The smallest absolute Gasteiger partial charge is 0.255 e. The van der Waals surface area contributed by atoms with E-state index in [9.17, 15) is 4.79 Å². The number of unbranched alkanes of at least 4 members (excludes halogenated alkanes) is 1. The van der Waals surface area contributed by atoms with E-state index in [2.05, 4.69) is 12.2 Å². The summed E-state index contributed by atoms with van der Waals surface area (Å²) in [5.41, 5.74) is 1.08. The highest BCUT2D eigenvalue weighted by molar-refractivity contribution is 5.11. The second-order valence-electron chi connectivity index (χ2n) is 4.51. The van der Waals surface area contributed by atoms with Crippen molar-refractivity contribution in [3.8, 4) is 0 Å². The molecule has 3 nitrogen and oxygen atoms in total. The molecule has 0 bridgehead atoms. The van der Waals surface area contributed by atoms with Gasteiger partial charge in [-0.2, -0.15) is 0 Å². The van der Waals surface area contributed by atoms with Crippen molar-refractivity contribution in [3.05, 3.63) is 34.2 Å². The maximum Gasteiger partial charge on any atom is 0.255 e. The van der Waals surface area contributed by atoms with Gasteiger partial charge in [0.2, 0.25) is 0 Å². The normalized spacial score (nSPS) is 15.3. The summed E-state index contributed by atoms with van der Waals surface area (Å²) in [7, 11) is 0. The lowest BCUT2D eigenvalue weighted by atomic mass is 10.2. The summed E-state index contributed by atoms with van der Waals surface area (Å²) >= 11 is 0. The van der Waals surface area contributed by atoms with E-state index < -0.39 is 0 Å². The Bertz CT molecular complexity index is 393. The molecule has 0 atom stereocenters. The minimum absolute atomic E-state index is 0.189. The number of hydrogen-bond donors (Lipinski definition) is 1. The van der Waals surface area contributed by atoms with Gasteiger partial charge in [-0.1, -0.05) is 19.4 Å². The second kappa shape index (κ2) is 5.30. The first-order valence-corrected chi connectivity index (χ1v) is 6.23. The van der Waals surface area contributed by atoms with E-state index in [0.717, 1.165) is 24.9 Å². The fourth-order valence-electron chi connectivity index (χ4n) is 1.86. The molecule has 1 aliphatic rings. The highest BCUT2D eigenvalue weighted by Crippen LogP contribution is 2.33. The van der Waals surface area contributed by atoms with Gasteiger partial charge in [0.1, 0.15) is 0 Å². The van der Waals surface area contributed by atoms with Crippen LogP contribution in [0, 0.1) is 0 Å². The van der Waals surface area contributed by atoms with Gasteiger partial charge < -0.3 is 9.88 Å². The van der Waals surface area contributed by atoms with Crippen LogP contribution in [-0.4, -0.2) is 11.1 Å². The first kappa shape index (κ1) is 11.4. The minimum Gasteiger partial charge on any atom is -0.312 e. The van der Waals surface area contributed by atoms with E-state index in [0.29, 0.717) is 12.6 Å². The van der Waals surface area contributed by atoms with Gasteiger partial charge in [0.05, 0.1) is 0 Å². The van der Waals surface area contributed by atoms with Crippen LogP contribution in [0.5, 0.6) is 0 Å². The van der Waals surface area contributed by atoms with Gasteiger partial charge in [-0.05, 0) is 31.9 Å². The summed E-state index contributed by atoms with van der Waals surface area (Å²) in [6.07, 6.45) is 6.59. The number of aromatic nitrogens is 1. The monoisotopic (exact) mass is 220 g/mol. The largest absolute Gasteiger partial charge is 0.312 e. The van der Waals surface area contributed by atoms with Gasteiger partial charge in [-0.25, -0.2) is 0 Å². The lowest BCUT2D eigenvalue weighted by Gasteiger charge is -2.07. The molecule has 1 saturated carbocycles. The zero-order chi connectivity index (χ0) is 11.4. The van der Waals surface area contributed by atoms with Crippen LogP contribution >= 0.6 is 0 Å². The first-order valence-electron chi connectivity index (χ1n) is 6.23. The van der Waals surface area contributed by atoms with Crippen molar-refractivity contribution >= 4 is 0 Å². The van der Waals surface area contributed by atoms with E-state index in [4.69, 9.17) is 0 Å². The Morgan fingerprint density at radius 2 is 2.31 bits per heavy atom. The van der Waals surface area contributed by atoms with Crippen LogP contribution in [0.3, 0.4) is 0 Å². The molecular weight excluding hydrogens is 200 g/mol. The van der Waals surface area contributed by atoms with Gasteiger partial charge in [0, 0.05) is 24.3 Å². The molecule has 1 heterocycles. The topological polar surface area (TPSA) is 34.0 Å². The van der Waals surface area contributed by atoms with Crippen molar-refractivity contribution in [1.29, 1.82) is 0 Å². The number of nitrogens with zero attached hydrogens (tertiary/aromatic N) is 1. The molecule has 1 N–H and O–H groups in total. The zero-order valence-electron chi connectivity index (χ0n) is 9.91. The highest BCUT2D eigenvalue weighted by Gasteiger charge is 2.24. The Kier molecular flexibility index (Phi) is 3.78. The second-order valence-corrected chi connectivity index (χ2v) is 4.51. The SMILES string of the molecule is CCCCNCc1cccn(C2CC2)c1=O. The molecule has 16 heavy (non-hydrogen) atoms. The molecule has 0 aliphatic heterocycles. The lowest BCUT2D eigenvalue weighted by molar-refractivity contribution is 0.625. The zero-order valence-corrected chi connectivity index (χ0v) is 9.91. The molecule has 0 unspecified atom stereocenters. The van der Waals surface area contributed by atoms with Crippen LogP contribution in [0.2, 0.25) is 0 Å². The Hall–Kier alpha value is -1.09. The van der Waals surface area contributed by atoms with E-state index in [-0.39, 0.29) is 5.56 Å². The van der Waals surface area contributed by atoms with Crippen LogP contribution < -0.4 is 10.9 Å². The molecule has 1 aromatic heterocycles. The molecular formula is C13H20N2O. The predicted octanol–water partition coefficient (Wildman–Crippen LogP) is 2.07. The third kappa shape index (κ3) is 2.73. The van der Waals surface area contributed by atoms with Gasteiger partial charge in [-0.3, -0.25) is 4.79 Å². The first-order chi connectivity index (χ1) is 7.83. The maximum atomic E-state index is 12.0. The molecule has 3 heteroatoms. The average Bonchev–Trinajstić information content (AvgIpc) is 3.10.